The zero-order valence-electron chi connectivity index (χ0n) is 18.5. The Kier molecular flexibility index (Phi) is 9.55. The van der Waals surface area contributed by atoms with Gasteiger partial charge in [-0.05, 0) is 56.0 Å². The van der Waals surface area contributed by atoms with Gasteiger partial charge in [-0.1, -0.05) is 62.9 Å². The molecular formula is C25H36N2O2. The van der Waals surface area contributed by atoms with Crippen LogP contribution in [0.3, 0.4) is 0 Å². The first-order chi connectivity index (χ1) is 14.0. The highest BCUT2D eigenvalue weighted by atomic mass is 16.5. The SMILES string of the molecule is CCCCCOc1ccc(CN(CCCC)C(=O)Nc2ccc(C)cc2C)cc1. The molecule has 4 heteroatoms. The molecule has 2 aromatic carbocycles. The summed E-state index contributed by atoms with van der Waals surface area (Å²) in [7, 11) is 0. The first-order valence-electron chi connectivity index (χ1n) is 10.9. The Bertz CT molecular complexity index is 756. The van der Waals surface area contributed by atoms with E-state index in [0.717, 1.165) is 55.0 Å². The summed E-state index contributed by atoms with van der Waals surface area (Å²) in [6, 6.07) is 14.2. The molecule has 2 aromatic rings. The molecule has 0 saturated heterocycles. The lowest BCUT2D eigenvalue weighted by Crippen LogP contribution is -2.35. The molecule has 0 atom stereocenters. The molecule has 2 amide bonds. The van der Waals surface area contributed by atoms with Crippen LogP contribution in [-0.2, 0) is 6.54 Å². The summed E-state index contributed by atoms with van der Waals surface area (Å²) in [6.45, 7) is 10.5. The molecule has 0 spiro atoms. The highest BCUT2D eigenvalue weighted by Gasteiger charge is 2.15. The molecule has 0 saturated carbocycles. The van der Waals surface area contributed by atoms with Gasteiger partial charge in [0.25, 0.3) is 0 Å². The van der Waals surface area contributed by atoms with Crippen molar-refractivity contribution in [1.29, 1.82) is 0 Å². The summed E-state index contributed by atoms with van der Waals surface area (Å²) in [5.74, 6) is 0.893. The van der Waals surface area contributed by atoms with E-state index in [-0.39, 0.29) is 6.03 Å². The number of anilines is 1. The predicted molar refractivity (Wildman–Crippen MR) is 122 cm³/mol. The molecule has 0 radical (unpaired) electrons. The van der Waals surface area contributed by atoms with Crippen LogP contribution in [0.5, 0.6) is 5.75 Å². The molecule has 4 nitrogen and oxygen atoms in total. The fourth-order valence-corrected chi connectivity index (χ4v) is 3.20. The number of carbonyl (C=O) groups is 1. The largest absolute Gasteiger partial charge is 0.494 e. The summed E-state index contributed by atoms with van der Waals surface area (Å²) in [6.07, 6.45) is 5.51. The maximum absolute atomic E-state index is 12.9. The Hall–Kier alpha value is -2.49. The van der Waals surface area contributed by atoms with E-state index in [4.69, 9.17) is 4.74 Å². The number of carbonyl (C=O) groups excluding carboxylic acids is 1. The number of ether oxygens (including phenoxy) is 1. The van der Waals surface area contributed by atoms with Crippen LogP contribution in [0.15, 0.2) is 42.5 Å². The maximum Gasteiger partial charge on any atom is 0.322 e. The van der Waals surface area contributed by atoms with E-state index in [1.165, 1.54) is 18.4 Å². The fraction of sp³-hybridized carbons (Fsp3) is 0.480. The molecular weight excluding hydrogens is 360 g/mol. The molecule has 2 rings (SSSR count). The zero-order chi connectivity index (χ0) is 21.1. The third-order valence-corrected chi connectivity index (χ3v) is 5.01. The van der Waals surface area contributed by atoms with Crippen molar-refractivity contribution in [2.24, 2.45) is 0 Å². The summed E-state index contributed by atoms with van der Waals surface area (Å²) in [5, 5.41) is 3.08. The first kappa shape index (κ1) is 22.8. The summed E-state index contributed by atoms with van der Waals surface area (Å²) < 4.78 is 5.79. The number of urea groups is 1. The second-order valence-corrected chi connectivity index (χ2v) is 7.72. The highest BCUT2D eigenvalue weighted by molar-refractivity contribution is 5.90. The van der Waals surface area contributed by atoms with Crippen molar-refractivity contribution in [3.63, 3.8) is 0 Å². The average molecular weight is 397 g/mol. The third kappa shape index (κ3) is 7.80. The molecule has 1 N–H and O–H groups in total. The van der Waals surface area contributed by atoms with Crippen molar-refractivity contribution in [2.45, 2.75) is 66.3 Å². The topological polar surface area (TPSA) is 41.6 Å². The number of hydrogen-bond donors (Lipinski definition) is 1. The summed E-state index contributed by atoms with van der Waals surface area (Å²) in [4.78, 5) is 14.8. The van der Waals surface area contributed by atoms with Crippen molar-refractivity contribution in [3.8, 4) is 5.75 Å². The second-order valence-electron chi connectivity index (χ2n) is 7.72. The van der Waals surface area contributed by atoms with Crippen LogP contribution in [0, 0.1) is 13.8 Å². The minimum Gasteiger partial charge on any atom is -0.494 e. The van der Waals surface area contributed by atoms with Crippen LogP contribution < -0.4 is 10.1 Å². The minimum absolute atomic E-state index is 0.0507. The van der Waals surface area contributed by atoms with E-state index in [0.29, 0.717) is 6.54 Å². The first-order valence-corrected chi connectivity index (χ1v) is 10.9. The lowest BCUT2D eigenvalue weighted by atomic mass is 10.1. The third-order valence-electron chi connectivity index (χ3n) is 5.01. The molecule has 0 heterocycles. The summed E-state index contributed by atoms with van der Waals surface area (Å²) in [5.41, 5.74) is 4.26. The number of benzene rings is 2. The van der Waals surface area contributed by atoms with Crippen LogP contribution in [-0.4, -0.2) is 24.1 Å². The minimum atomic E-state index is -0.0507. The van der Waals surface area contributed by atoms with Gasteiger partial charge in [0.2, 0.25) is 0 Å². The number of aryl methyl sites for hydroxylation is 2. The number of unbranched alkanes of at least 4 members (excludes halogenated alkanes) is 3. The Labute approximate surface area is 176 Å². The molecule has 158 valence electrons. The zero-order valence-corrected chi connectivity index (χ0v) is 18.5. The van der Waals surface area contributed by atoms with Crippen molar-refractivity contribution >= 4 is 11.7 Å². The highest BCUT2D eigenvalue weighted by Crippen LogP contribution is 2.19. The van der Waals surface area contributed by atoms with E-state index in [2.05, 4.69) is 44.3 Å². The van der Waals surface area contributed by atoms with Crippen molar-refractivity contribution in [1.82, 2.24) is 4.90 Å². The number of rotatable bonds is 11. The van der Waals surface area contributed by atoms with Gasteiger partial charge in [-0.2, -0.15) is 0 Å². The fourth-order valence-electron chi connectivity index (χ4n) is 3.20. The quantitative estimate of drug-likeness (QED) is 0.429. The number of nitrogens with one attached hydrogen (secondary N) is 1. The van der Waals surface area contributed by atoms with Gasteiger partial charge in [-0.3, -0.25) is 0 Å². The molecule has 29 heavy (non-hydrogen) atoms. The Balaban J connectivity index is 1.99. The van der Waals surface area contributed by atoms with Gasteiger partial charge in [0.1, 0.15) is 5.75 Å². The van der Waals surface area contributed by atoms with Crippen LogP contribution in [0.1, 0.15) is 62.6 Å². The average Bonchev–Trinajstić information content (AvgIpc) is 2.71. The van der Waals surface area contributed by atoms with E-state index < -0.39 is 0 Å². The molecule has 0 aliphatic heterocycles. The van der Waals surface area contributed by atoms with Gasteiger partial charge in [-0.25, -0.2) is 4.79 Å². The molecule has 0 bridgehead atoms. The molecule has 0 aliphatic carbocycles. The number of amides is 2. The monoisotopic (exact) mass is 396 g/mol. The van der Waals surface area contributed by atoms with Crippen LogP contribution in [0.25, 0.3) is 0 Å². The van der Waals surface area contributed by atoms with Gasteiger partial charge >= 0.3 is 6.03 Å². The van der Waals surface area contributed by atoms with Crippen molar-refractivity contribution < 1.29 is 9.53 Å². The smallest absolute Gasteiger partial charge is 0.322 e. The predicted octanol–water partition coefficient (Wildman–Crippen LogP) is 6.71. The van der Waals surface area contributed by atoms with E-state index in [1.807, 2.05) is 36.1 Å². The standard InChI is InChI=1S/C25H36N2O2/c1-5-7-9-17-29-23-13-11-22(12-14-23)19-27(16-8-6-2)25(28)26-24-15-10-20(3)18-21(24)4/h10-15,18H,5-9,16-17,19H2,1-4H3,(H,26,28). The number of hydrogen-bond acceptors (Lipinski definition) is 2. The molecule has 0 aromatic heterocycles. The second kappa shape index (κ2) is 12.2. The van der Waals surface area contributed by atoms with Crippen molar-refractivity contribution in [3.05, 3.63) is 59.2 Å². The molecule has 0 fully saturated rings. The lowest BCUT2D eigenvalue weighted by Gasteiger charge is -2.24. The van der Waals surface area contributed by atoms with Gasteiger partial charge < -0.3 is 15.0 Å². The van der Waals surface area contributed by atoms with Gasteiger partial charge in [0.15, 0.2) is 0 Å². The number of nitrogens with zero attached hydrogens (tertiary/aromatic N) is 1. The normalized spacial score (nSPS) is 10.6. The maximum atomic E-state index is 12.9. The Morgan fingerprint density at radius 3 is 2.34 bits per heavy atom. The van der Waals surface area contributed by atoms with Gasteiger partial charge in [0.05, 0.1) is 6.61 Å². The molecule has 0 unspecified atom stereocenters. The summed E-state index contributed by atoms with van der Waals surface area (Å²) >= 11 is 0. The Morgan fingerprint density at radius 1 is 0.966 bits per heavy atom. The van der Waals surface area contributed by atoms with E-state index in [1.54, 1.807) is 0 Å². The van der Waals surface area contributed by atoms with Crippen LogP contribution >= 0.6 is 0 Å². The van der Waals surface area contributed by atoms with Crippen LogP contribution in [0.2, 0.25) is 0 Å². The van der Waals surface area contributed by atoms with Crippen molar-refractivity contribution in [2.75, 3.05) is 18.5 Å². The Morgan fingerprint density at radius 2 is 1.69 bits per heavy atom. The van der Waals surface area contributed by atoms with Gasteiger partial charge in [0, 0.05) is 18.8 Å². The van der Waals surface area contributed by atoms with Crippen LogP contribution in [0.4, 0.5) is 10.5 Å². The lowest BCUT2D eigenvalue weighted by molar-refractivity contribution is 0.208. The van der Waals surface area contributed by atoms with E-state index >= 15 is 0 Å². The molecule has 0 aliphatic rings. The van der Waals surface area contributed by atoms with Gasteiger partial charge in [-0.15, -0.1) is 0 Å². The van der Waals surface area contributed by atoms with E-state index in [9.17, 15) is 4.79 Å².